The lowest BCUT2D eigenvalue weighted by molar-refractivity contribution is -0.141. The zero-order valence-electron chi connectivity index (χ0n) is 24.4. The van der Waals surface area contributed by atoms with E-state index in [1.54, 1.807) is 37.3 Å². The predicted molar refractivity (Wildman–Crippen MR) is 159 cm³/mol. The Balaban J connectivity index is 0.00000442. The number of ether oxygens (including phenoxy) is 2. The first-order valence-electron chi connectivity index (χ1n) is 14.3. The largest absolute Gasteiger partial charge is 0.481 e. The van der Waals surface area contributed by atoms with Crippen LogP contribution in [0.5, 0.6) is 11.5 Å². The summed E-state index contributed by atoms with van der Waals surface area (Å²) in [5.74, 6) is -1.35. The maximum absolute atomic E-state index is 14.4. The van der Waals surface area contributed by atoms with Crippen molar-refractivity contribution in [3.05, 3.63) is 95.6 Å². The van der Waals surface area contributed by atoms with Crippen LogP contribution in [0.1, 0.15) is 57.8 Å². The van der Waals surface area contributed by atoms with Crippen molar-refractivity contribution in [2.75, 3.05) is 6.79 Å². The summed E-state index contributed by atoms with van der Waals surface area (Å²) in [6.07, 6.45) is -0.224. The Morgan fingerprint density at radius 1 is 0.977 bits per heavy atom. The van der Waals surface area contributed by atoms with Gasteiger partial charge in [-0.15, -0.1) is 0 Å². The van der Waals surface area contributed by atoms with Gasteiger partial charge in [-0.1, -0.05) is 80.6 Å². The van der Waals surface area contributed by atoms with Crippen LogP contribution in [-0.2, 0) is 26.5 Å². The number of nitrogens with zero attached hydrogens (tertiary/aromatic N) is 2. The summed E-state index contributed by atoms with van der Waals surface area (Å²) in [4.78, 5) is 57.1. The number of carboxylic acid groups (broad SMARTS) is 1. The number of carbonyl (C=O) groups excluding carboxylic acids is 3. The molecule has 10 nitrogen and oxygen atoms in total. The molecule has 2 heterocycles. The van der Waals surface area contributed by atoms with Crippen molar-refractivity contribution >= 4 is 23.8 Å². The van der Waals surface area contributed by atoms with Gasteiger partial charge in [0.1, 0.15) is 11.6 Å². The maximum Gasteiger partial charge on any atom is 0.329 e. The molecule has 1 fully saturated rings. The number of imide groups is 1. The second kappa shape index (κ2) is 12.2. The highest BCUT2D eigenvalue weighted by Gasteiger charge is 2.58. The fraction of sp³-hybridized carbons (Fsp3) is 0.333. The molecule has 0 aromatic heterocycles. The number of benzene rings is 3. The van der Waals surface area contributed by atoms with Crippen LogP contribution >= 0.6 is 0 Å². The molecule has 3 atom stereocenters. The molecule has 0 spiro atoms. The topological polar surface area (TPSA) is 125 Å². The highest BCUT2D eigenvalue weighted by Crippen LogP contribution is 2.40. The first kappa shape index (κ1) is 29.6. The molecular formula is C33H37N3O7. The van der Waals surface area contributed by atoms with Gasteiger partial charge in [0.15, 0.2) is 11.5 Å². The number of carbonyl (C=O) groups is 4. The molecule has 3 aromatic carbocycles. The summed E-state index contributed by atoms with van der Waals surface area (Å²) in [5, 5.41) is 12.5. The van der Waals surface area contributed by atoms with E-state index in [0.29, 0.717) is 22.6 Å². The SMILES string of the molecule is CC(C)C[C@@H](C(=O)N[C@@H](CC(=O)O)c1ccc2c(c1)OCO2)N1C(=O)N(Cc2ccccc2)[C@@](C)(c2ccccc2)C1=O.[HH]. The summed E-state index contributed by atoms with van der Waals surface area (Å²) >= 11 is 0. The molecule has 5 rings (SSSR count). The molecule has 2 N–H and O–H groups in total. The number of hydrogen-bond donors (Lipinski definition) is 2. The zero-order valence-corrected chi connectivity index (χ0v) is 24.4. The van der Waals surface area contributed by atoms with E-state index in [9.17, 15) is 24.3 Å². The molecule has 0 aliphatic carbocycles. The van der Waals surface area contributed by atoms with Gasteiger partial charge < -0.3 is 24.8 Å². The van der Waals surface area contributed by atoms with Crippen LogP contribution in [0.15, 0.2) is 78.9 Å². The van der Waals surface area contributed by atoms with Crippen LogP contribution in [-0.4, -0.2) is 51.6 Å². The molecule has 0 unspecified atom stereocenters. The van der Waals surface area contributed by atoms with Crippen LogP contribution < -0.4 is 14.8 Å². The fourth-order valence-electron chi connectivity index (χ4n) is 5.67. The van der Waals surface area contributed by atoms with Crippen LogP contribution in [0.4, 0.5) is 4.79 Å². The number of nitrogens with one attached hydrogen (secondary N) is 1. The minimum atomic E-state index is -1.37. The molecule has 4 amide bonds. The number of rotatable bonds is 11. The third-order valence-corrected chi connectivity index (χ3v) is 7.93. The highest BCUT2D eigenvalue weighted by molar-refractivity contribution is 6.10. The first-order valence-corrected chi connectivity index (χ1v) is 14.3. The smallest absolute Gasteiger partial charge is 0.329 e. The molecular weight excluding hydrogens is 550 g/mol. The second-order valence-electron chi connectivity index (χ2n) is 11.4. The fourth-order valence-corrected chi connectivity index (χ4v) is 5.67. The lowest BCUT2D eigenvalue weighted by Gasteiger charge is -2.32. The molecule has 1 saturated heterocycles. The summed E-state index contributed by atoms with van der Waals surface area (Å²) in [7, 11) is 0. The van der Waals surface area contributed by atoms with Crippen molar-refractivity contribution in [2.45, 2.75) is 57.8 Å². The standard InChI is InChI=1S/C33H35N3O7.H2/c1-21(2)16-26(30(39)34-25(18-29(37)38)23-14-15-27-28(17-23)43-20-42-27)36-31(40)33(3,24-12-8-5-9-13-24)35(32(36)41)19-22-10-6-4-7-11-22;/h4-15,17,21,25-26H,16,18-20H2,1-3H3,(H,34,39)(H,37,38);1H/t25-,26-,33-;/m0./s1. The van der Waals surface area contributed by atoms with Crippen molar-refractivity contribution in [2.24, 2.45) is 5.92 Å². The monoisotopic (exact) mass is 587 g/mol. The quantitative estimate of drug-likeness (QED) is 0.300. The van der Waals surface area contributed by atoms with Crippen molar-refractivity contribution in [3.8, 4) is 11.5 Å². The van der Waals surface area contributed by atoms with Crippen molar-refractivity contribution in [1.82, 2.24) is 15.1 Å². The van der Waals surface area contributed by atoms with Gasteiger partial charge in [-0.05, 0) is 48.1 Å². The zero-order chi connectivity index (χ0) is 30.7. The Morgan fingerprint density at radius 2 is 1.63 bits per heavy atom. The summed E-state index contributed by atoms with van der Waals surface area (Å²) in [5.41, 5.74) is 0.588. The predicted octanol–water partition coefficient (Wildman–Crippen LogP) is 5.09. The number of aliphatic carboxylic acids is 1. The van der Waals surface area contributed by atoms with Crippen molar-refractivity contribution in [1.29, 1.82) is 0 Å². The normalized spacial score (nSPS) is 19.1. The van der Waals surface area contributed by atoms with E-state index >= 15 is 0 Å². The molecule has 43 heavy (non-hydrogen) atoms. The minimum Gasteiger partial charge on any atom is -0.481 e. The molecule has 3 aromatic rings. The molecule has 10 heteroatoms. The molecule has 2 aliphatic rings. The number of fused-ring (bicyclic) bond motifs is 1. The molecule has 0 bridgehead atoms. The van der Waals surface area contributed by atoms with Gasteiger partial charge in [-0.2, -0.15) is 0 Å². The Kier molecular flexibility index (Phi) is 8.38. The van der Waals surface area contributed by atoms with Crippen LogP contribution in [0.25, 0.3) is 0 Å². The van der Waals surface area contributed by atoms with Gasteiger partial charge in [0.25, 0.3) is 5.91 Å². The average Bonchev–Trinajstić information content (AvgIpc) is 3.53. The van der Waals surface area contributed by atoms with Crippen LogP contribution in [0.3, 0.4) is 0 Å². The maximum atomic E-state index is 14.4. The van der Waals surface area contributed by atoms with Gasteiger partial charge in [-0.25, -0.2) is 9.69 Å². The Hall–Kier alpha value is -4.86. The summed E-state index contributed by atoms with van der Waals surface area (Å²) in [6, 6.07) is 20.7. The van der Waals surface area contributed by atoms with E-state index in [1.165, 1.54) is 4.90 Å². The number of amides is 4. The Bertz CT molecular complexity index is 1520. The highest BCUT2D eigenvalue weighted by atomic mass is 16.7. The van der Waals surface area contributed by atoms with Crippen LogP contribution in [0.2, 0.25) is 0 Å². The van der Waals surface area contributed by atoms with E-state index < -0.39 is 47.9 Å². The number of carboxylic acids is 1. The van der Waals surface area contributed by atoms with E-state index in [2.05, 4.69) is 5.32 Å². The van der Waals surface area contributed by atoms with E-state index in [-0.39, 0.29) is 27.1 Å². The number of hydrogen-bond acceptors (Lipinski definition) is 6. The third-order valence-electron chi connectivity index (χ3n) is 7.93. The Morgan fingerprint density at radius 3 is 2.28 bits per heavy atom. The van der Waals surface area contributed by atoms with E-state index in [4.69, 9.17) is 9.47 Å². The van der Waals surface area contributed by atoms with Gasteiger partial charge in [0.2, 0.25) is 12.7 Å². The molecule has 0 saturated carbocycles. The number of urea groups is 1. The average molecular weight is 588 g/mol. The summed E-state index contributed by atoms with van der Waals surface area (Å²) < 4.78 is 10.8. The third kappa shape index (κ3) is 5.90. The van der Waals surface area contributed by atoms with Crippen molar-refractivity contribution < 1.29 is 35.2 Å². The molecule has 226 valence electrons. The van der Waals surface area contributed by atoms with Gasteiger partial charge in [0, 0.05) is 7.97 Å². The molecule has 0 radical (unpaired) electrons. The minimum absolute atomic E-state index is 0. The van der Waals surface area contributed by atoms with Crippen LogP contribution in [0, 0.1) is 5.92 Å². The van der Waals surface area contributed by atoms with E-state index in [1.807, 2.05) is 62.4 Å². The van der Waals surface area contributed by atoms with Gasteiger partial charge in [0.05, 0.1) is 12.5 Å². The lowest BCUT2D eigenvalue weighted by Crippen LogP contribution is -2.52. The lowest BCUT2D eigenvalue weighted by atomic mass is 9.89. The van der Waals surface area contributed by atoms with Crippen molar-refractivity contribution in [3.63, 3.8) is 0 Å². The Labute approximate surface area is 251 Å². The molecule has 2 aliphatic heterocycles. The second-order valence-corrected chi connectivity index (χ2v) is 11.4. The first-order chi connectivity index (χ1) is 20.6. The van der Waals surface area contributed by atoms with E-state index in [0.717, 1.165) is 10.5 Å². The van der Waals surface area contributed by atoms with Gasteiger partial charge in [-0.3, -0.25) is 14.4 Å². The van der Waals surface area contributed by atoms with Gasteiger partial charge >= 0.3 is 12.0 Å². The summed E-state index contributed by atoms with van der Waals surface area (Å²) in [6.45, 7) is 5.70.